The van der Waals surface area contributed by atoms with Gasteiger partial charge in [-0.3, -0.25) is 10.4 Å². The molecule has 0 spiro atoms. The molecule has 10 heavy (non-hydrogen) atoms. The minimum Gasteiger partial charge on any atom is -0.290 e. The van der Waals surface area contributed by atoms with Crippen molar-refractivity contribution in [2.45, 2.75) is 26.3 Å². The predicted octanol–water partition coefficient (Wildman–Crippen LogP) is 1.53. The minimum absolute atomic E-state index is 0.272. The van der Waals surface area contributed by atoms with Crippen molar-refractivity contribution in [3.8, 4) is 0 Å². The first-order chi connectivity index (χ1) is 4.62. The van der Waals surface area contributed by atoms with Gasteiger partial charge >= 0.3 is 0 Å². The van der Waals surface area contributed by atoms with E-state index in [9.17, 15) is 0 Å². The molecule has 0 amide bonds. The molecule has 0 aliphatic heterocycles. The Morgan fingerprint density at radius 2 is 2.00 bits per heavy atom. The van der Waals surface area contributed by atoms with Gasteiger partial charge in [-0.05, 0) is 27.0 Å². The summed E-state index contributed by atoms with van der Waals surface area (Å²) in [5.41, 5.74) is -0.272. The van der Waals surface area contributed by atoms with Crippen LogP contribution < -0.4 is 0 Å². The van der Waals surface area contributed by atoms with E-state index in [1.165, 1.54) is 0 Å². The van der Waals surface area contributed by atoms with Gasteiger partial charge in [0.05, 0.1) is 5.54 Å². The van der Waals surface area contributed by atoms with Crippen LogP contribution in [0.25, 0.3) is 0 Å². The number of hydrogen-bond donors (Lipinski definition) is 1. The van der Waals surface area contributed by atoms with Gasteiger partial charge < -0.3 is 0 Å². The molecule has 0 unspecified atom stereocenters. The van der Waals surface area contributed by atoms with E-state index in [1.807, 2.05) is 20.8 Å². The third-order valence-corrected chi connectivity index (χ3v) is 0.927. The second-order valence-electron chi connectivity index (χ2n) is 2.45. The monoisotopic (exact) mass is 139 g/mol. The van der Waals surface area contributed by atoms with Crippen LogP contribution in [0.3, 0.4) is 0 Å². The second kappa shape index (κ2) is 3.93. The number of rotatable bonds is 3. The molecule has 3 heteroatoms. The van der Waals surface area contributed by atoms with Gasteiger partial charge in [0.15, 0.2) is 0 Å². The highest BCUT2D eigenvalue weighted by Gasteiger charge is 2.09. The molecule has 0 heterocycles. The number of aliphatic imine (C=N–C) groups is 2. The molecule has 0 saturated heterocycles. The van der Waals surface area contributed by atoms with Gasteiger partial charge in [-0.2, -0.15) is 0 Å². The molecule has 0 bridgehead atoms. The molecule has 0 atom stereocenters. The Balaban J connectivity index is 4.10. The van der Waals surface area contributed by atoms with Crippen LogP contribution in [0.15, 0.2) is 9.98 Å². The van der Waals surface area contributed by atoms with Crippen LogP contribution in [0.2, 0.25) is 0 Å². The summed E-state index contributed by atoms with van der Waals surface area (Å²) in [5, 5.41) is 6.64. The molecule has 1 N–H and O–H groups in total. The summed E-state index contributed by atoms with van der Waals surface area (Å²) >= 11 is 0. The lowest BCUT2D eigenvalue weighted by molar-refractivity contribution is 0.721. The fourth-order valence-electron chi connectivity index (χ4n) is 0.586. The Bertz CT molecular complexity index is 156. The van der Waals surface area contributed by atoms with E-state index in [2.05, 4.69) is 9.98 Å². The largest absolute Gasteiger partial charge is 0.290 e. The summed E-state index contributed by atoms with van der Waals surface area (Å²) in [5.74, 6) is 0. The number of nitrogens with zero attached hydrogens (tertiary/aromatic N) is 2. The molecule has 0 saturated carbocycles. The van der Waals surface area contributed by atoms with E-state index in [0.717, 1.165) is 6.34 Å². The standard InChI is InChI=1S/C7H13N3/c1-4-10-7(2,3)5-9-6-8/h4-6,8H,1-3H3. The van der Waals surface area contributed by atoms with Gasteiger partial charge in [-0.1, -0.05) is 0 Å². The SMILES string of the molecule is CC=NC(C)(C)C=NC=N. The average Bonchev–Trinajstić information content (AvgIpc) is 1.84. The van der Waals surface area contributed by atoms with E-state index in [4.69, 9.17) is 5.41 Å². The van der Waals surface area contributed by atoms with Crippen molar-refractivity contribution in [2.24, 2.45) is 9.98 Å². The van der Waals surface area contributed by atoms with E-state index < -0.39 is 0 Å². The van der Waals surface area contributed by atoms with Gasteiger partial charge in [-0.15, -0.1) is 0 Å². The van der Waals surface area contributed by atoms with Crippen molar-refractivity contribution in [1.29, 1.82) is 5.41 Å². The zero-order chi connectivity index (χ0) is 8.04. The van der Waals surface area contributed by atoms with E-state index in [1.54, 1.807) is 12.4 Å². The summed E-state index contributed by atoms with van der Waals surface area (Å²) in [6, 6.07) is 0. The molecule has 0 aromatic heterocycles. The maximum absolute atomic E-state index is 6.64. The van der Waals surface area contributed by atoms with E-state index >= 15 is 0 Å². The molecule has 0 rings (SSSR count). The Labute approximate surface area is 61.4 Å². The lowest BCUT2D eigenvalue weighted by Crippen LogP contribution is -2.18. The van der Waals surface area contributed by atoms with Gasteiger partial charge in [-0.25, -0.2) is 4.99 Å². The Hall–Kier alpha value is -0.990. The summed E-state index contributed by atoms with van der Waals surface area (Å²) in [4.78, 5) is 7.78. The molecular formula is C7H13N3. The molecule has 0 radical (unpaired) electrons. The van der Waals surface area contributed by atoms with Crippen LogP contribution in [0.4, 0.5) is 0 Å². The Morgan fingerprint density at radius 3 is 2.40 bits per heavy atom. The third kappa shape index (κ3) is 3.95. The van der Waals surface area contributed by atoms with Crippen molar-refractivity contribution in [3.63, 3.8) is 0 Å². The summed E-state index contributed by atoms with van der Waals surface area (Å²) < 4.78 is 0. The molecular weight excluding hydrogens is 126 g/mol. The highest BCUT2D eigenvalue weighted by atomic mass is 14.9. The molecule has 56 valence electrons. The van der Waals surface area contributed by atoms with Crippen molar-refractivity contribution in [3.05, 3.63) is 0 Å². The molecule has 0 fully saturated rings. The van der Waals surface area contributed by atoms with Crippen molar-refractivity contribution in [1.82, 2.24) is 0 Å². The van der Waals surface area contributed by atoms with E-state index in [0.29, 0.717) is 0 Å². The normalized spacial score (nSPS) is 13.1. The second-order valence-corrected chi connectivity index (χ2v) is 2.45. The van der Waals surface area contributed by atoms with Crippen LogP contribution >= 0.6 is 0 Å². The lowest BCUT2D eigenvalue weighted by atomic mass is 10.1. The van der Waals surface area contributed by atoms with E-state index in [-0.39, 0.29) is 5.54 Å². The Morgan fingerprint density at radius 1 is 1.40 bits per heavy atom. The topological polar surface area (TPSA) is 48.6 Å². The average molecular weight is 139 g/mol. The quantitative estimate of drug-likeness (QED) is 0.455. The third-order valence-electron chi connectivity index (χ3n) is 0.927. The van der Waals surface area contributed by atoms with Crippen LogP contribution in [0.1, 0.15) is 20.8 Å². The lowest BCUT2D eigenvalue weighted by Gasteiger charge is -2.10. The smallest absolute Gasteiger partial charge is 0.106 e. The van der Waals surface area contributed by atoms with Crippen LogP contribution in [-0.4, -0.2) is 24.3 Å². The molecule has 0 aromatic rings. The van der Waals surface area contributed by atoms with Gasteiger partial charge in [0.25, 0.3) is 0 Å². The number of nitrogens with one attached hydrogen (secondary N) is 1. The first-order valence-electron chi connectivity index (χ1n) is 3.15. The summed E-state index contributed by atoms with van der Waals surface area (Å²) in [6.07, 6.45) is 4.38. The number of hydrogen-bond acceptors (Lipinski definition) is 2. The van der Waals surface area contributed by atoms with Crippen LogP contribution in [0.5, 0.6) is 0 Å². The molecule has 0 aliphatic rings. The first kappa shape index (κ1) is 9.01. The summed E-state index contributed by atoms with van der Waals surface area (Å²) in [7, 11) is 0. The molecule has 0 aromatic carbocycles. The highest BCUT2D eigenvalue weighted by molar-refractivity contribution is 5.79. The zero-order valence-corrected chi connectivity index (χ0v) is 6.63. The molecule has 3 nitrogen and oxygen atoms in total. The van der Waals surface area contributed by atoms with Gasteiger partial charge in [0.1, 0.15) is 6.34 Å². The zero-order valence-electron chi connectivity index (χ0n) is 6.63. The predicted molar refractivity (Wildman–Crippen MR) is 45.5 cm³/mol. The first-order valence-corrected chi connectivity index (χ1v) is 3.15. The van der Waals surface area contributed by atoms with Crippen molar-refractivity contribution in [2.75, 3.05) is 0 Å². The minimum atomic E-state index is -0.272. The maximum Gasteiger partial charge on any atom is 0.106 e. The summed E-state index contributed by atoms with van der Waals surface area (Å²) in [6.45, 7) is 5.72. The van der Waals surface area contributed by atoms with Crippen molar-refractivity contribution >= 4 is 18.8 Å². The fraction of sp³-hybridized carbons (Fsp3) is 0.571. The van der Waals surface area contributed by atoms with Crippen LogP contribution in [-0.2, 0) is 0 Å². The Kier molecular flexibility index (Phi) is 3.54. The maximum atomic E-state index is 6.64. The highest BCUT2D eigenvalue weighted by Crippen LogP contribution is 2.03. The van der Waals surface area contributed by atoms with Crippen molar-refractivity contribution < 1.29 is 0 Å². The fourth-order valence-corrected chi connectivity index (χ4v) is 0.586. The van der Waals surface area contributed by atoms with Crippen LogP contribution in [0, 0.1) is 5.41 Å². The molecule has 0 aliphatic carbocycles. The van der Waals surface area contributed by atoms with Gasteiger partial charge in [0.2, 0.25) is 0 Å². The van der Waals surface area contributed by atoms with Gasteiger partial charge in [0, 0.05) is 6.21 Å².